The summed E-state index contributed by atoms with van der Waals surface area (Å²) in [6.45, 7) is 1.98. The van der Waals surface area contributed by atoms with Crippen LogP contribution < -0.4 is 5.32 Å². The molecular formula is C18H20N2OS2. The summed E-state index contributed by atoms with van der Waals surface area (Å²) >= 11 is 3.99. The highest BCUT2D eigenvalue weighted by Gasteiger charge is 2.17. The average molecular weight is 345 g/mol. The molecule has 1 atom stereocenters. The van der Waals surface area contributed by atoms with Gasteiger partial charge in [0.2, 0.25) is 0 Å². The summed E-state index contributed by atoms with van der Waals surface area (Å²) in [7, 11) is 0. The van der Waals surface area contributed by atoms with Crippen molar-refractivity contribution in [1.82, 2.24) is 10.3 Å². The van der Waals surface area contributed by atoms with Crippen molar-refractivity contribution in [1.29, 1.82) is 0 Å². The Kier molecular flexibility index (Phi) is 5.62. The molecule has 0 radical (unpaired) electrons. The van der Waals surface area contributed by atoms with Crippen LogP contribution in [-0.2, 0) is 0 Å². The molecule has 2 heterocycles. The minimum Gasteiger partial charge on any atom is -0.346 e. The van der Waals surface area contributed by atoms with Crippen LogP contribution in [-0.4, -0.2) is 22.4 Å². The smallest absolute Gasteiger partial charge is 0.251 e. The molecule has 1 aliphatic rings. The third-order valence-electron chi connectivity index (χ3n) is 3.83. The predicted octanol–water partition coefficient (Wildman–Crippen LogP) is 4.44. The van der Waals surface area contributed by atoms with Gasteiger partial charge in [-0.1, -0.05) is 12.1 Å². The maximum atomic E-state index is 12.4. The van der Waals surface area contributed by atoms with Crippen molar-refractivity contribution in [2.24, 2.45) is 0 Å². The maximum Gasteiger partial charge on any atom is 0.251 e. The molecule has 5 heteroatoms. The Hall–Kier alpha value is -1.46. The number of nitrogens with zero attached hydrogens (tertiary/aromatic N) is 1. The Morgan fingerprint density at radius 2 is 1.78 bits per heavy atom. The van der Waals surface area contributed by atoms with Gasteiger partial charge in [-0.25, -0.2) is 0 Å². The van der Waals surface area contributed by atoms with Gasteiger partial charge in [0.15, 0.2) is 0 Å². The lowest BCUT2D eigenvalue weighted by atomic mass is 10.1. The molecule has 1 fully saturated rings. The van der Waals surface area contributed by atoms with E-state index in [1.165, 1.54) is 23.5 Å². The van der Waals surface area contributed by atoms with Gasteiger partial charge in [-0.3, -0.25) is 9.78 Å². The van der Waals surface area contributed by atoms with Gasteiger partial charge in [-0.2, -0.15) is 0 Å². The molecule has 1 aromatic carbocycles. The van der Waals surface area contributed by atoms with Crippen LogP contribution >= 0.6 is 23.5 Å². The van der Waals surface area contributed by atoms with E-state index in [2.05, 4.69) is 22.4 Å². The zero-order valence-electron chi connectivity index (χ0n) is 13.1. The summed E-state index contributed by atoms with van der Waals surface area (Å²) in [5.74, 6) is 2.41. The number of amides is 1. The average Bonchev–Trinajstić information content (AvgIpc) is 2.63. The van der Waals surface area contributed by atoms with Crippen LogP contribution in [0, 0.1) is 0 Å². The van der Waals surface area contributed by atoms with Crippen LogP contribution in [0.4, 0.5) is 0 Å². The van der Waals surface area contributed by atoms with Gasteiger partial charge < -0.3 is 5.32 Å². The molecule has 3 nitrogen and oxygen atoms in total. The molecule has 1 amide bonds. The molecule has 1 N–H and O–H groups in total. The molecule has 0 aliphatic carbocycles. The topological polar surface area (TPSA) is 42.0 Å². The van der Waals surface area contributed by atoms with Gasteiger partial charge in [0, 0.05) is 18.0 Å². The Bertz CT molecular complexity index is 640. The number of carbonyl (C=O) groups is 1. The first kappa shape index (κ1) is 16.4. The number of thioether (sulfide) groups is 2. The van der Waals surface area contributed by atoms with E-state index >= 15 is 0 Å². The SMILES string of the molecule is CC(NC(=O)c1ccc(C2SCCCS2)cc1)c1ccncc1. The summed E-state index contributed by atoms with van der Waals surface area (Å²) in [4.78, 5) is 16.4. The Morgan fingerprint density at radius 3 is 2.43 bits per heavy atom. The molecule has 23 heavy (non-hydrogen) atoms. The fourth-order valence-electron chi connectivity index (χ4n) is 2.49. The number of hydrogen-bond donors (Lipinski definition) is 1. The first-order chi connectivity index (χ1) is 11.2. The third kappa shape index (κ3) is 4.30. The summed E-state index contributed by atoms with van der Waals surface area (Å²) in [6.07, 6.45) is 4.78. The molecular weight excluding hydrogens is 324 g/mol. The molecule has 120 valence electrons. The van der Waals surface area contributed by atoms with Crippen LogP contribution in [0.15, 0.2) is 48.8 Å². The van der Waals surface area contributed by atoms with E-state index in [0.717, 1.165) is 5.56 Å². The van der Waals surface area contributed by atoms with Crippen molar-refractivity contribution in [2.75, 3.05) is 11.5 Å². The largest absolute Gasteiger partial charge is 0.346 e. The van der Waals surface area contributed by atoms with E-state index in [0.29, 0.717) is 10.1 Å². The van der Waals surface area contributed by atoms with E-state index in [-0.39, 0.29) is 11.9 Å². The van der Waals surface area contributed by atoms with E-state index < -0.39 is 0 Å². The van der Waals surface area contributed by atoms with Crippen LogP contribution in [0.5, 0.6) is 0 Å². The number of rotatable bonds is 4. The highest BCUT2D eigenvalue weighted by molar-refractivity contribution is 8.16. The molecule has 3 rings (SSSR count). The normalized spacial score (nSPS) is 16.7. The lowest BCUT2D eigenvalue weighted by Crippen LogP contribution is -2.26. The Labute approximate surface area is 145 Å². The number of nitrogens with one attached hydrogen (secondary N) is 1. The van der Waals surface area contributed by atoms with E-state index in [1.807, 2.05) is 54.7 Å². The standard InChI is InChI=1S/C18H20N2OS2/c1-13(14-7-9-19-10-8-14)20-17(21)15-3-5-16(6-4-15)18-22-11-2-12-23-18/h3-10,13,18H,2,11-12H2,1H3,(H,20,21). The molecule has 0 bridgehead atoms. The number of carbonyl (C=O) groups excluding carboxylic acids is 1. The van der Waals surface area contributed by atoms with Gasteiger partial charge in [-0.15, -0.1) is 23.5 Å². The Balaban J connectivity index is 1.63. The maximum absolute atomic E-state index is 12.4. The number of hydrogen-bond acceptors (Lipinski definition) is 4. The first-order valence-corrected chi connectivity index (χ1v) is 9.88. The highest BCUT2D eigenvalue weighted by atomic mass is 32.2. The van der Waals surface area contributed by atoms with Gasteiger partial charge in [-0.05, 0) is 60.2 Å². The van der Waals surface area contributed by atoms with Gasteiger partial charge in [0.25, 0.3) is 5.91 Å². The second-order valence-electron chi connectivity index (χ2n) is 5.52. The summed E-state index contributed by atoms with van der Waals surface area (Å²) in [6, 6.07) is 11.8. The lowest BCUT2D eigenvalue weighted by Gasteiger charge is -2.21. The number of aromatic nitrogens is 1. The molecule has 1 unspecified atom stereocenters. The van der Waals surface area contributed by atoms with Crippen LogP contribution in [0.2, 0.25) is 0 Å². The molecule has 1 saturated heterocycles. The minimum atomic E-state index is -0.0372. The van der Waals surface area contributed by atoms with Crippen molar-refractivity contribution in [3.63, 3.8) is 0 Å². The molecule has 1 aliphatic heterocycles. The highest BCUT2D eigenvalue weighted by Crippen LogP contribution is 2.43. The lowest BCUT2D eigenvalue weighted by molar-refractivity contribution is 0.0940. The van der Waals surface area contributed by atoms with Crippen LogP contribution in [0.3, 0.4) is 0 Å². The molecule has 0 saturated carbocycles. The number of benzene rings is 1. The van der Waals surface area contributed by atoms with Crippen molar-refractivity contribution < 1.29 is 4.79 Å². The van der Waals surface area contributed by atoms with Gasteiger partial charge >= 0.3 is 0 Å². The predicted molar refractivity (Wildman–Crippen MR) is 98.8 cm³/mol. The second kappa shape index (κ2) is 7.88. The van der Waals surface area contributed by atoms with Gasteiger partial charge in [0.05, 0.1) is 10.6 Å². The van der Waals surface area contributed by atoms with E-state index in [9.17, 15) is 4.79 Å². The minimum absolute atomic E-state index is 0.0327. The fraction of sp³-hybridized carbons (Fsp3) is 0.333. The van der Waals surface area contributed by atoms with Crippen LogP contribution in [0.25, 0.3) is 0 Å². The third-order valence-corrected chi connectivity index (χ3v) is 6.84. The molecule has 1 aromatic heterocycles. The van der Waals surface area contributed by atoms with Crippen LogP contribution in [0.1, 0.15) is 45.5 Å². The monoisotopic (exact) mass is 344 g/mol. The van der Waals surface area contributed by atoms with Crippen molar-refractivity contribution >= 4 is 29.4 Å². The second-order valence-corrected chi connectivity index (χ2v) is 8.25. The van der Waals surface area contributed by atoms with E-state index in [1.54, 1.807) is 12.4 Å². The van der Waals surface area contributed by atoms with Crippen molar-refractivity contribution in [3.8, 4) is 0 Å². The quantitative estimate of drug-likeness (QED) is 0.890. The van der Waals surface area contributed by atoms with Crippen molar-refractivity contribution in [3.05, 3.63) is 65.5 Å². The van der Waals surface area contributed by atoms with Crippen molar-refractivity contribution in [2.45, 2.75) is 24.0 Å². The summed E-state index contributed by atoms with van der Waals surface area (Å²) in [5, 5.41) is 3.03. The number of pyridine rings is 1. The van der Waals surface area contributed by atoms with Gasteiger partial charge in [0.1, 0.15) is 0 Å². The summed E-state index contributed by atoms with van der Waals surface area (Å²) in [5.41, 5.74) is 3.07. The summed E-state index contributed by atoms with van der Waals surface area (Å²) < 4.78 is 0.511. The Morgan fingerprint density at radius 1 is 1.13 bits per heavy atom. The molecule has 0 spiro atoms. The zero-order chi connectivity index (χ0) is 16.1. The fourth-order valence-corrected chi connectivity index (χ4v) is 5.38. The first-order valence-electron chi connectivity index (χ1n) is 7.78. The zero-order valence-corrected chi connectivity index (χ0v) is 14.7. The van der Waals surface area contributed by atoms with E-state index in [4.69, 9.17) is 0 Å². The molecule has 2 aromatic rings.